The first-order valence-electron chi connectivity index (χ1n) is 8.17. The van der Waals surface area contributed by atoms with Gasteiger partial charge in [0.2, 0.25) is 5.91 Å². The summed E-state index contributed by atoms with van der Waals surface area (Å²) in [5.74, 6) is 1.92. The first-order valence-corrected chi connectivity index (χ1v) is 8.17. The first kappa shape index (κ1) is 15.3. The SMILES string of the molecule is CC(=O)n1nc(Nc2nc(-c3ccccc3)ncc2N)cc1C1CC1.[HH].[HH]. The van der Waals surface area contributed by atoms with Gasteiger partial charge < -0.3 is 11.1 Å². The van der Waals surface area contributed by atoms with Crippen molar-refractivity contribution in [2.45, 2.75) is 25.7 Å². The minimum Gasteiger partial charge on any atom is -0.394 e. The molecule has 2 heterocycles. The minimum atomic E-state index is -0.101. The second kappa shape index (κ2) is 6.01. The third kappa shape index (κ3) is 3.08. The number of anilines is 3. The Balaban J connectivity index is 0.00000131. The van der Waals surface area contributed by atoms with E-state index >= 15 is 0 Å². The Bertz CT molecular complexity index is 940. The zero-order valence-corrected chi connectivity index (χ0v) is 13.8. The first-order chi connectivity index (χ1) is 12.1. The highest BCUT2D eigenvalue weighted by molar-refractivity contribution is 5.78. The maximum atomic E-state index is 11.8. The number of carbonyl (C=O) groups excluding carboxylic acids is 1. The minimum absolute atomic E-state index is 0. The normalized spacial score (nSPS) is 13.6. The van der Waals surface area contributed by atoms with Crippen molar-refractivity contribution in [2.24, 2.45) is 0 Å². The van der Waals surface area contributed by atoms with E-state index in [-0.39, 0.29) is 8.76 Å². The molecule has 0 bridgehead atoms. The number of nitrogens with zero attached hydrogens (tertiary/aromatic N) is 4. The molecule has 0 radical (unpaired) electrons. The molecule has 1 fully saturated rings. The van der Waals surface area contributed by atoms with Gasteiger partial charge >= 0.3 is 0 Å². The third-order valence-corrected chi connectivity index (χ3v) is 4.13. The van der Waals surface area contributed by atoms with Crippen LogP contribution < -0.4 is 11.1 Å². The molecule has 0 unspecified atom stereocenters. The molecule has 7 nitrogen and oxygen atoms in total. The number of nitrogen functional groups attached to an aromatic ring is 1. The molecule has 0 spiro atoms. The molecule has 0 atom stereocenters. The maximum Gasteiger partial charge on any atom is 0.244 e. The third-order valence-electron chi connectivity index (χ3n) is 4.13. The van der Waals surface area contributed by atoms with Crippen LogP contribution in [0.4, 0.5) is 17.3 Å². The van der Waals surface area contributed by atoms with Crippen LogP contribution in [0.1, 0.15) is 39.0 Å². The van der Waals surface area contributed by atoms with Gasteiger partial charge in [0.25, 0.3) is 0 Å². The largest absolute Gasteiger partial charge is 0.394 e. The zero-order chi connectivity index (χ0) is 17.4. The summed E-state index contributed by atoms with van der Waals surface area (Å²) in [6.45, 7) is 1.51. The number of rotatable bonds is 4. The molecular weight excluding hydrogens is 316 g/mol. The summed E-state index contributed by atoms with van der Waals surface area (Å²) < 4.78 is 1.45. The quantitative estimate of drug-likeness (QED) is 0.752. The van der Waals surface area contributed by atoms with E-state index in [1.54, 1.807) is 6.20 Å². The Kier molecular flexibility index (Phi) is 3.68. The van der Waals surface area contributed by atoms with E-state index in [1.165, 1.54) is 11.6 Å². The number of nitrogens with two attached hydrogens (primary N) is 1. The summed E-state index contributed by atoms with van der Waals surface area (Å²) in [4.78, 5) is 20.6. The molecule has 130 valence electrons. The summed E-state index contributed by atoms with van der Waals surface area (Å²) in [5, 5.41) is 7.47. The zero-order valence-electron chi connectivity index (χ0n) is 13.8. The average molecular weight is 338 g/mol. The lowest BCUT2D eigenvalue weighted by molar-refractivity contribution is 0.0918. The van der Waals surface area contributed by atoms with E-state index in [1.807, 2.05) is 36.4 Å². The molecule has 7 heteroatoms. The Labute approximate surface area is 147 Å². The lowest BCUT2D eigenvalue weighted by Crippen LogP contribution is -2.11. The fourth-order valence-electron chi connectivity index (χ4n) is 2.72. The van der Waals surface area contributed by atoms with E-state index in [0.29, 0.717) is 29.1 Å². The van der Waals surface area contributed by atoms with Crippen molar-refractivity contribution in [1.82, 2.24) is 19.7 Å². The summed E-state index contributed by atoms with van der Waals surface area (Å²) >= 11 is 0. The van der Waals surface area contributed by atoms with E-state index in [2.05, 4.69) is 20.4 Å². The number of benzene rings is 1. The van der Waals surface area contributed by atoms with Crippen molar-refractivity contribution in [3.63, 3.8) is 0 Å². The molecule has 0 amide bonds. The molecule has 25 heavy (non-hydrogen) atoms. The van der Waals surface area contributed by atoms with Crippen LogP contribution in [-0.2, 0) is 0 Å². The van der Waals surface area contributed by atoms with Gasteiger partial charge in [-0.05, 0) is 12.8 Å². The molecule has 1 saturated carbocycles. The second-order valence-electron chi connectivity index (χ2n) is 6.15. The van der Waals surface area contributed by atoms with E-state index in [4.69, 9.17) is 5.73 Å². The average Bonchev–Trinajstić information content (AvgIpc) is 3.38. The van der Waals surface area contributed by atoms with Crippen LogP contribution >= 0.6 is 0 Å². The summed E-state index contributed by atoms with van der Waals surface area (Å²) in [6.07, 6.45) is 3.75. The number of nitrogens with one attached hydrogen (secondary N) is 1. The van der Waals surface area contributed by atoms with Crippen molar-refractivity contribution in [3.8, 4) is 11.4 Å². The van der Waals surface area contributed by atoms with Crippen LogP contribution in [0.15, 0.2) is 42.6 Å². The molecule has 3 aromatic rings. The number of carbonyl (C=O) groups is 1. The van der Waals surface area contributed by atoms with Gasteiger partial charge in [-0.15, -0.1) is 5.10 Å². The van der Waals surface area contributed by atoms with Gasteiger partial charge in [-0.3, -0.25) is 4.79 Å². The van der Waals surface area contributed by atoms with Gasteiger partial charge in [-0.25, -0.2) is 14.6 Å². The van der Waals surface area contributed by atoms with Crippen LogP contribution in [0.5, 0.6) is 0 Å². The molecule has 4 rings (SSSR count). The number of aromatic nitrogens is 4. The maximum absolute atomic E-state index is 11.8. The predicted octanol–water partition coefficient (Wildman–Crippen LogP) is 3.70. The van der Waals surface area contributed by atoms with Crippen molar-refractivity contribution < 1.29 is 7.65 Å². The summed E-state index contributed by atoms with van der Waals surface area (Å²) in [6, 6.07) is 11.6. The predicted molar refractivity (Wildman–Crippen MR) is 99.9 cm³/mol. The van der Waals surface area contributed by atoms with Crippen molar-refractivity contribution in [1.29, 1.82) is 0 Å². The smallest absolute Gasteiger partial charge is 0.244 e. The van der Waals surface area contributed by atoms with E-state index < -0.39 is 0 Å². The second-order valence-corrected chi connectivity index (χ2v) is 6.15. The molecule has 0 aliphatic heterocycles. The van der Waals surface area contributed by atoms with Gasteiger partial charge in [0, 0.05) is 27.3 Å². The Hall–Kier alpha value is -3.22. The lowest BCUT2D eigenvalue weighted by atomic mass is 10.2. The Morgan fingerprint density at radius 3 is 2.76 bits per heavy atom. The molecular formula is C18H22N6O. The molecule has 1 aliphatic rings. The molecule has 0 saturated heterocycles. The van der Waals surface area contributed by atoms with Gasteiger partial charge in [0.1, 0.15) is 0 Å². The lowest BCUT2D eigenvalue weighted by Gasteiger charge is -2.07. The van der Waals surface area contributed by atoms with Crippen LogP contribution in [0, 0.1) is 0 Å². The molecule has 3 N–H and O–H groups in total. The Morgan fingerprint density at radius 1 is 1.32 bits per heavy atom. The highest BCUT2D eigenvalue weighted by Gasteiger charge is 2.29. The highest BCUT2D eigenvalue weighted by atomic mass is 16.2. The molecule has 2 aromatic heterocycles. The molecule has 1 aromatic carbocycles. The topological polar surface area (TPSA) is 98.7 Å². The van der Waals surface area contributed by atoms with E-state index in [9.17, 15) is 4.79 Å². The van der Waals surface area contributed by atoms with Crippen molar-refractivity contribution in [3.05, 3.63) is 48.3 Å². The van der Waals surface area contributed by atoms with Crippen LogP contribution in [0.2, 0.25) is 0 Å². The fraction of sp³-hybridized carbons (Fsp3) is 0.222. The van der Waals surface area contributed by atoms with E-state index in [0.717, 1.165) is 24.1 Å². The number of hydrogen-bond acceptors (Lipinski definition) is 6. The fourth-order valence-corrected chi connectivity index (χ4v) is 2.72. The highest BCUT2D eigenvalue weighted by Crippen LogP contribution is 2.41. The number of hydrogen-bond donors (Lipinski definition) is 2. The van der Waals surface area contributed by atoms with Gasteiger partial charge in [-0.1, -0.05) is 30.3 Å². The van der Waals surface area contributed by atoms with Gasteiger partial charge in [0.05, 0.1) is 17.6 Å². The Morgan fingerprint density at radius 2 is 2.08 bits per heavy atom. The standard InChI is InChI=1S/C18H18N6O.2H2/c1-11(25)24-15(12-7-8-12)9-16(23-24)21-18-14(19)10-20-17(22-18)13-5-3-2-4-6-13;;/h2-6,9-10,12H,7-8,19H2,1H3,(H,20,21,22,23);2*1H. The van der Waals surface area contributed by atoms with Gasteiger partial charge in [0.15, 0.2) is 17.5 Å². The summed E-state index contributed by atoms with van der Waals surface area (Å²) in [7, 11) is 0. The monoisotopic (exact) mass is 338 g/mol. The van der Waals surface area contributed by atoms with Crippen LogP contribution in [0.25, 0.3) is 11.4 Å². The van der Waals surface area contributed by atoms with Crippen LogP contribution in [-0.4, -0.2) is 25.7 Å². The molecule has 1 aliphatic carbocycles. The van der Waals surface area contributed by atoms with Gasteiger partial charge in [-0.2, -0.15) is 0 Å². The summed E-state index contributed by atoms with van der Waals surface area (Å²) in [5.41, 5.74) is 8.26. The van der Waals surface area contributed by atoms with Crippen LogP contribution in [0.3, 0.4) is 0 Å². The van der Waals surface area contributed by atoms with Crippen molar-refractivity contribution in [2.75, 3.05) is 11.1 Å². The van der Waals surface area contributed by atoms with Crippen molar-refractivity contribution >= 4 is 23.2 Å².